The zero-order chi connectivity index (χ0) is 14.7. The molecule has 1 fully saturated rings. The van der Waals surface area contributed by atoms with E-state index in [4.69, 9.17) is 9.15 Å². The molecule has 0 aromatic carbocycles. The Morgan fingerprint density at radius 2 is 2.14 bits per heavy atom. The standard InChI is InChI=1S/C15H22N4O2/c1-3-19-14(11-12(2)18-6-9-20-10-7-18)16-15(17-19)13-5-4-8-21-13/h4-5,8,12H,3,6-7,9-11H2,1-2H3. The van der Waals surface area contributed by atoms with E-state index >= 15 is 0 Å². The van der Waals surface area contributed by atoms with Gasteiger partial charge in [0.15, 0.2) is 5.76 Å². The first-order valence-electron chi connectivity index (χ1n) is 7.57. The van der Waals surface area contributed by atoms with Gasteiger partial charge in [-0.3, -0.25) is 4.90 Å². The van der Waals surface area contributed by atoms with Gasteiger partial charge in [-0.1, -0.05) is 0 Å². The zero-order valence-corrected chi connectivity index (χ0v) is 12.7. The number of hydrogen-bond donors (Lipinski definition) is 0. The summed E-state index contributed by atoms with van der Waals surface area (Å²) in [4.78, 5) is 7.11. The van der Waals surface area contributed by atoms with Crippen LogP contribution in [-0.4, -0.2) is 52.0 Å². The summed E-state index contributed by atoms with van der Waals surface area (Å²) in [5.74, 6) is 2.41. The van der Waals surface area contributed by atoms with Crippen molar-refractivity contribution in [2.24, 2.45) is 0 Å². The fourth-order valence-electron chi connectivity index (χ4n) is 2.70. The molecule has 0 amide bonds. The molecule has 3 rings (SSSR count). The second kappa shape index (κ2) is 6.41. The van der Waals surface area contributed by atoms with Crippen LogP contribution in [0.5, 0.6) is 0 Å². The lowest BCUT2D eigenvalue weighted by atomic mass is 10.2. The van der Waals surface area contributed by atoms with Crippen LogP contribution in [0.4, 0.5) is 0 Å². The van der Waals surface area contributed by atoms with Crippen LogP contribution in [-0.2, 0) is 17.7 Å². The van der Waals surface area contributed by atoms with Crippen LogP contribution in [0.25, 0.3) is 11.6 Å². The summed E-state index contributed by atoms with van der Waals surface area (Å²) in [6, 6.07) is 4.19. The van der Waals surface area contributed by atoms with Gasteiger partial charge in [0.05, 0.1) is 19.5 Å². The third-order valence-electron chi connectivity index (χ3n) is 3.94. The number of nitrogens with zero attached hydrogens (tertiary/aromatic N) is 4. The van der Waals surface area contributed by atoms with Crippen molar-refractivity contribution in [3.63, 3.8) is 0 Å². The van der Waals surface area contributed by atoms with Crippen molar-refractivity contribution >= 4 is 0 Å². The molecule has 0 spiro atoms. The summed E-state index contributed by atoms with van der Waals surface area (Å²) in [5.41, 5.74) is 0. The van der Waals surface area contributed by atoms with Gasteiger partial charge in [-0.05, 0) is 26.0 Å². The van der Waals surface area contributed by atoms with Crippen molar-refractivity contribution in [1.29, 1.82) is 0 Å². The van der Waals surface area contributed by atoms with Crippen molar-refractivity contribution in [2.75, 3.05) is 26.3 Å². The number of furan rings is 1. The van der Waals surface area contributed by atoms with Crippen LogP contribution in [0.2, 0.25) is 0 Å². The van der Waals surface area contributed by atoms with Gasteiger partial charge in [-0.25, -0.2) is 9.67 Å². The van der Waals surface area contributed by atoms with Crippen molar-refractivity contribution in [3.05, 3.63) is 24.2 Å². The molecular weight excluding hydrogens is 268 g/mol. The zero-order valence-electron chi connectivity index (χ0n) is 12.7. The van der Waals surface area contributed by atoms with Gasteiger partial charge in [0, 0.05) is 32.1 Å². The molecule has 1 unspecified atom stereocenters. The van der Waals surface area contributed by atoms with E-state index in [0.717, 1.165) is 50.9 Å². The largest absolute Gasteiger partial charge is 0.461 e. The van der Waals surface area contributed by atoms with E-state index < -0.39 is 0 Å². The maximum Gasteiger partial charge on any atom is 0.217 e. The van der Waals surface area contributed by atoms with Gasteiger partial charge in [0.1, 0.15) is 5.82 Å². The molecule has 0 N–H and O–H groups in total. The minimum Gasteiger partial charge on any atom is -0.461 e. The Labute approximate surface area is 124 Å². The molecule has 1 atom stereocenters. The number of morpholine rings is 1. The number of rotatable bonds is 5. The first kappa shape index (κ1) is 14.3. The van der Waals surface area contributed by atoms with E-state index in [1.54, 1.807) is 6.26 Å². The maximum absolute atomic E-state index is 5.41. The fourth-order valence-corrected chi connectivity index (χ4v) is 2.70. The predicted molar refractivity (Wildman–Crippen MR) is 79.0 cm³/mol. The number of aromatic nitrogens is 3. The molecule has 114 valence electrons. The second-order valence-corrected chi connectivity index (χ2v) is 5.35. The molecule has 6 nitrogen and oxygen atoms in total. The molecule has 1 saturated heterocycles. The van der Waals surface area contributed by atoms with Crippen LogP contribution in [0.3, 0.4) is 0 Å². The summed E-state index contributed by atoms with van der Waals surface area (Å²) < 4.78 is 12.8. The predicted octanol–water partition coefficient (Wildman–Crippen LogP) is 1.82. The van der Waals surface area contributed by atoms with E-state index in [0.29, 0.717) is 11.9 Å². The van der Waals surface area contributed by atoms with Gasteiger partial charge in [-0.15, -0.1) is 5.10 Å². The van der Waals surface area contributed by atoms with Gasteiger partial charge in [-0.2, -0.15) is 0 Å². The highest BCUT2D eigenvalue weighted by Gasteiger charge is 2.21. The molecule has 2 aromatic heterocycles. The molecule has 1 aliphatic rings. The smallest absolute Gasteiger partial charge is 0.217 e. The lowest BCUT2D eigenvalue weighted by Crippen LogP contribution is -2.43. The molecule has 0 aliphatic carbocycles. The van der Waals surface area contributed by atoms with Crippen molar-refractivity contribution < 1.29 is 9.15 Å². The average molecular weight is 290 g/mol. The van der Waals surface area contributed by atoms with E-state index in [9.17, 15) is 0 Å². The van der Waals surface area contributed by atoms with E-state index in [1.807, 2.05) is 16.8 Å². The monoisotopic (exact) mass is 290 g/mol. The Kier molecular flexibility index (Phi) is 4.36. The lowest BCUT2D eigenvalue weighted by Gasteiger charge is -2.32. The van der Waals surface area contributed by atoms with E-state index in [-0.39, 0.29) is 0 Å². The lowest BCUT2D eigenvalue weighted by molar-refractivity contribution is 0.0198. The Bertz CT molecular complexity index is 558. The minimum absolute atomic E-state index is 0.438. The van der Waals surface area contributed by atoms with Crippen LogP contribution in [0, 0.1) is 0 Å². The van der Waals surface area contributed by atoms with Crippen molar-refractivity contribution in [3.8, 4) is 11.6 Å². The third kappa shape index (κ3) is 3.16. The SMILES string of the molecule is CCn1nc(-c2ccco2)nc1CC(C)N1CCOCC1. The number of ether oxygens (including phenoxy) is 1. The van der Waals surface area contributed by atoms with Crippen molar-refractivity contribution in [2.45, 2.75) is 32.9 Å². The Hall–Kier alpha value is -1.66. The van der Waals surface area contributed by atoms with E-state index in [1.165, 1.54) is 0 Å². The molecule has 0 bridgehead atoms. The first-order chi connectivity index (χ1) is 10.3. The van der Waals surface area contributed by atoms with E-state index in [2.05, 4.69) is 28.8 Å². The summed E-state index contributed by atoms with van der Waals surface area (Å²) >= 11 is 0. The summed E-state index contributed by atoms with van der Waals surface area (Å²) in [6.07, 6.45) is 2.54. The normalized spacial score (nSPS) is 18.0. The van der Waals surface area contributed by atoms with Crippen LogP contribution in [0.15, 0.2) is 22.8 Å². The summed E-state index contributed by atoms with van der Waals surface area (Å²) in [7, 11) is 0. The highest BCUT2D eigenvalue weighted by atomic mass is 16.5. The highest BCUT2D eigenvalue weighted by molar-refractivity contribution is 5.45. The van der Waals surface area contributed by atoms with Gasteiger partial charge < -0.3 is 9.15 Å². The summed E-state index contributed by atoms with van der Waals surface area (Å²) in [6.45, 7) is 8.78. The molecule has 6 heteroatoms. The third-order valence-corrected chi connectivity index (χ3v) is 3.94. The number of aryl methyl sites for hydroxylation is 1. The van der Waals surface area contributed by atoms with Gasteiger partial charge >= 0.3 is 0 Å². The summed E-state index contributed by atoms with van der Waals surface area (Å²) in [5, 5.41) is 4.54. The van der Waals surface area contributed by atoms with Gasteiger partial charge in [0.2, 0.25) is 5.82 Å². The first-order valence-corrected chi connectivity index (χ1v) is 7.57. The molecule has 0 saturated carbocycles. The Morgan fingerprint density at radius 3 is 2.81 bits per heavy atom. The second-order valence-electron chi connectivity index (χ2n) is 5.35. The number of hydrogen-bond acceptors (Lipinski definition) is 5. The molecule has 1 aliphatic heterocycles. The molecule has 0 radical (unpaired) electrons. The van der Waals surface area contributed by atoms with Crippen LogP contribution in [0.1, 0.15) is 19.7 Å². The Morgan fingerprint density at radius 1 is 1.33 bits per heavy atom. The van der Waals surface area contributed by atoms with Crippen LogP contribution < -0.4 is 0 Å². The minimum atomic E-state index is 0.438. The highest BCUT2D eigenvalue weighted by Crippen LogP contribution is 2.17. The molecule has 21 heavy (non-hydrogen) atoms. The maximum atomic E-state index is 5.41. The molecule has 3 heterocycles. The molecule has 2 aromatic rings. The van der Waals surface area contributed by atoms with Crippen molar-refractivity contribution in [1.82, 2.24) is 19.7 Å². The Balaban J connectivity index is 1.74. The molecular formula is C15H22N4O2. The van der Waals surface area contributed by atoms with Crippen LogP contribution >= 0.6 is 0 Å². The van der Waals surface area contributed by atoms with Gasteiger partial charge in [0.25, 0.3) is 0 Å². The fraction of sp³-hybridized carbons (Fsp3) is 0.600. The average Bonchev–Trinajstić information content (AvgIpc) is 3.17. The quantitative estimate of drug-likeness (QED) is 0.840. The topological polar surface area (TPSA) is 56.3 Å².